The van der Waals surface area contributed by atoms with Crippen LogP contribution in [0.4, 0.5) is 0 Å². The molecule has 0 amide bonds. The van der Waals surface area contributed by atoms with Crippen LogP contribution in [0.2, 0.25) is 0 Å². The van der Waals surface area contributed by atoms with Gasteiger partial charge in [-0.05, 0) is 36.8 Å². The van der Waals surface area contributed by atoms with Crippen molar-refractivity contribution in [2.75, 3.05) is 19.8 Å². The third kappa shape index (κ3) is 3.08. The zero-order valence-electron chi connectivity index (χ0n) is 11.5. The summed E-state index contributed by atoms with van der Waals surface area (Å²) in [4.78, 5) is 1.31. The van der Waals surface area contributed by atoms with E-state index in [4.69, 9.17) is 4.74 Å². The van der Waals surface area contributed by atoms with Crippen molar-refractivity contribution in [2.45, 2.75) is 45.6 Å². The summed E-state index contributed by atoms with van der Waals surface area (Å²) in [5, 5.41) is 7.90. The molecular formula is C13H23N3OS. The third-order valence-corrected chi connectivity index (χ3v) is 4.28. The molecule has 102 valence electrons. The molecule has 1 aromatic heterocycles. The van der Waals surface area contributed by atoms with Crippen LogP contribution in [-0.2, 0) is 4.74 Å². The van der Waals surface area contributed by atoms with E-state index in [2.05, 4.69) is 35.7 Å². The van der Waals surface area contributed by atoms with Crippen molar-refractivity contribution in [3.05, 3.63) is 10.6 Å². The zero-order valence-corrected chi connectivity index (χ0v) is 12.3. The third-order valence-electron chi connectivity index (χ3n) is 3.46. The first kappa shape index (κ1) is 13.9. The molecule has 0 aliphatic carbocycles. The number of nitrogens with zero attached hydrogens (tertiary/aromatic N) is 2. The van der Waals surface area contributed by atoms with Gasteiger partial charge in [-0.25, -0.2) is 0 Å². The van der Waals surface area contributed by atoms with Crippen LogP contribution < -0.4 is 5.32 Å². The number of hydrogen-bond donors (Lipinski definition) is 1. The lowest BCUT2D eigenvalue weighted by molar-refractivity contribution is 0.0396. The molecule has 0 spiro atoms. The highest BCUT2D eigenvalue weighted by atomic mass is 32.1. The van der Waals surface area contributed by atoms with Crippen LogP contribution in [-0.4, -0.2) is 29.3 Å². The molecule has 1 N–H and O–H groups in total. The fourth-order valence-corrected chi connectivity index (χ4v) is 3.52. The summed E-state index contributed by atoms with van der Waals surface area (Å²) in [6.45, 7) is 9.25. The van der Waals surface area contributed by atoms with Gasteiger partial charge in [0.15, 0.2) is 0 Å². The predicted molar refractivity (Wildman–Crippen MR) is 74.0 cm³/mol. The van der Waals surface area contributed by atoms with Crippen molar-refractivity contribution in [3.8, 4) is 0 Å². The van der Waals surface area contributed by atoms with Gasteiger partial charge in [-0.3, -0.25) is 0 Å². The Morgan fingerprint density at radius 3 is 2.94 bits per heavy atom. The second-order valence-electron chi connectivity index (χ2n) is 5.19. The SMILES string of the molecule is CCNC(c1snnc1C(C)C)C1CCCOC1. The van der Waals surface area contributed by atoms with Gasteiger partial charge < -0.3 is 10.1 Å². The first-order valence-corrected chi connectivity index (χ1v) is 7.64. The highest BCUT2D eigenvalue weighted by Crippen LogP contribution is 2.34. The van der Waals surface area contributed by atoms with Gasteiger partial charge in [-0.2, -0.15) is 0 Å². The summed E-state index contributed by atoms with van der Waals surface area (Å²) in [6, 6.07) is 0.354. The van der Waals surface area contributed by atoms with Gasteiger partial charge in [0.1, 0.15) is 0 Å². The maximum Gasteiger partial charge on any atom is 0.0829 e. The van der Waals surface area contributed by atoms with Crippen molar-refractivity contribution >= 4 is 11.5 Å². The Morgan fingerprint density at radius 2 is 2.33 bits per heavy atom. The van der Waals surface area contributed by atoms with E-state index in [0.717, 1.165) is 31.9 Å². The summed E-state index contributed by atoms with van der Waals surface area (Å²) in [5.41, 5.74) is 1.15. The van der Waals surface area contributed by atoms with Crippen molar-refractivity contribution in [1.29, 1.82) is 0 Å². The Balaban J connectivity index is 2.19. The molecule has 2 unspecified atom stereocenters. The molecular weight excluding hydrogens is 246 g/mol. The molecule has 1 aliphatic rings. The van der Waals surface area contributed by atoms with E-state index in [1.54, 1.807) is 11.5 Å². The molecule has 1 aliphatic heterocycles. The van der Waals surface area contributed by atoms with Crippen LogP contribution in [0.1, 0.15) is 56.1 Å². The van der Waals surface area contributed by atoms with E-state index < -0.39 is 0 Å². The van der Waals surface area contributed by atoms with Crippen molar-refractivity contribution in [3.63, 3.8) is 0 Å². The summed E-state index contributed by atoms with van der Waals surface area (Å²) >= 11 is 1.54. The largest absolute Gasteiger partial charge is 0.381 e. The van der Waals surface area contributed by atoms with E-state index >= 15 is 0 Å². The fourth-order valence-electron chi connectivity index (χ4n) is 2.54. The number of ether oxygens (including phenoxy) is 1. The van der Waals surface area contributed by atoms with E-state index in [0.29, 0.717) is 17.9 Å². The second-order valence-corrected chi connectivity index (χ2v) is 5.98. The highest BCUT2D eigenvalue weighted by molar-refractivity contribution is 7.05. The average molecular weight is 269 g/mol. The van der Waals surface area contributed by atoms with Gasteiger partial charge in [0.25, 0.3) is 0 Å². The fraction of sp³-hybridized carbons (Fsp3) is 0.846. The minimum atomic E-state index is 0.354. The average Bonchev–Trinajstić information content (AvgIpc) is 2.86. The maximum atomic E-state index is 5.63. The Hall–Kier alpha value is -0.520. The first-order valence-electron chi connectivity index (χ1n) is 6.87. The summed E-state index contributed by atoms with van der Waals surface area (Å²) in [5.74, 6) is 0.989. The molecule has 0 aromatic carbocycles. The molecule has 1 fully saturated rings. The van der Waals surface area contributed by atoms with Gasteiger partial charge >= 0.3 is 0 Å². The first-order chi connectivity index (χ1) is 8.74. The van der Waals surface area contributed by atoms with E-state index in [9.17, 15) is 0 Å². The minimum absolute atomic E-state index is 0.354. The number of rotatable bonds is 5. The van der Waals surface area contributed by atoms with Crippen LogP contribution in [0.15, 0.2) is 0 Å². The standard InChI is InChI=1S/C13H23N3OS/c1-4-14-12(10-6-5-7-17-8-10)13-11(9(2)3)15-16-18-13/h9-10,12,14H,4-8H2,1-3H3. The normalized spacial score (nSPS) is 22.3. The molecule has 4 nitrogen and oxygen atoms in total. The lowest BCUT2D eigenvalue weighted by Gasteiger charge is -2.30. The van der Waals surface area contributed by atoms with Crippen LogP contribution in [0.3, 0.4) is 0 Å². The molecule has 0 bridgehead atoms. The monoisotopic (exact) mass is 269 g/mol. The van der Waals surface area contributed by atoms with E-state index in [-0.39, 0.29) is 0 Å². The summed E-state index contributed by atoms with van der Waals surface area (Å²) in [7, 11) is 0. The second kappa shape index (κ2) is 6.59. The maximum absolute atomic E-state index is 5.63. The van der Waals surface area contributed by atoms with Crippen LogP contribution in [0, 0.1) is 5.92 Å². The predicted octanol–water partition coefficient (Wildman–Crippen LogP) is 2.74. The van der Waals surface area contributed by atoms with Gasteiger partial charge in [0, 0.05) is 12.5 Å². The molecule has 18 heavy (non-hydrogen) atoms. The number of aromatic nitrogens is 2. The van der Waals surface area contributed by atoms with Gasteiger partial charge in [-0.1, -0.05) is 25.3 Å². The Labute approximate surface area is 113 Å². The lowest BCUT2D eigenvalue weighted by atomic mass is 9.90. The molecule has 0 saturated carbocycles. The smallest absolute Gasteiger partial charge is 0.0829 e. The Kier molecular flexibility index (Phi) is 5.09. The van der Waals surface area contributed by atoms with Gasteiger partial charge in [0.05, 0.1) is 23.2 Å². The Bertz CT molecular complexity index is 361. The number of hydrogen-bond acceptors (Lipinski definition) is 5. The highest BCUT2D eigenvalue weighted by Gasteiger charge is 2.29. The molecule has 1 aromatic rings. The minimum Gasteiger partial charge on any atom is -0.381 e. The lowest BCUT2D eigenvalue weighted by Crippen LogP contribution is -2.33. The quantitative estimate of drug-likeness (QED) is 0.893. The summed E-state index contributed by atoms with van der Waals surface area (Å²) < 4.78 is 9.78. The zero-order chi connectivity index (χ0) is 13.0. The molecule has 5 heteroatoms. The van der Waals surface area contributed by atoms with Crippen molar-refractivity contribution in [1.82, 2.24) is 14.9 Å². The van der Waals surface area contributed by atoms with E-state index in [1.165, 1.54) is 11.3 Å². The van der Waals surface area contributed by atoms with Crippen LogP contribution in [0.5, 0.6) is 0 Å². The van der Waals surface area contributed by atoms with Crippen molar-refractivity contribution in [2.24, 2.45) is 5.92 Å². The molecule has 0 radical (unpaired) electrons. The molecule has 2 atom stereocenters. The van der Waals surface area contributed by atoms with Gasteiger partial charge in [-0.15, -0.1) is 5.10 Å². The summed E-state index contributed by atoms with van der Waals surface area (Å²) in [6.07, 6.45) is 2.39. The molecule has 2 heterocycles. The number of nitrogens with one attached hydrogen (secondary N) is 1. The van der Waals surface area contributed by atoms with E-state index in [1.807, 2.05) is 0 Å². The van der Waals surface area contributed by atoms with Gasteiger partial charge in [0.2, 0.25) is 0 Å². The molecule has 1 saturated heterocycles. The molecule has 2 rings (SSSR count). The Morgan fingerprint density at radius 1 is 1.50 bits per heavy atom. The topological polar surface area (TPSA) is 47.0 Å². The van der Waals surface area contributed by atoms with Crippen LogP contribution in [0.25, 0.3) is 0 Å². The van der Waals surface area contributed by atoms with Crippen LogP contribution >= 0.6 is 11.5 Å². The van der Waals surface area contributed by atoms with Crippen molar-refractivity contribution < 1.29 is 4.74 Å².